The fourth-order valence-electron chi connectivity index (χ4n) is 2.09. The van der Waals surface area contributed by atoms with Crippen LogP contribution in [0.25, 0.3) is 0 Å². The second kappa shape index (κ2) is 6.30. The first-order valence-electron chi connectivity index (χ1n) is 6.93. The second-order valence-corrected chi connectivity index (χ2v) is 4.79. The van der Waals surface area contributed by atoms with Crippen LogP contribution < -0.4 is 4.74 Å². The summed E-state index contributed by atoms with van der Waals surface area (Å²) < 4.78 is 15.6. The molecule has 1 saturated heterocycles. The molecule has 1 fully saturated rings. The van der Waals surface area contributed by atoms with E-state index in [0.717, 1.165) is 0 Å². The van der Waals surface area contributed by atoms with E-state index in [9.17, 15) is 9.59 Å². The Morgan fingerprint density at radius 2 is 1.82 bits per heavy atom. The zero-order valence-electron chi connectivity index (χ0n) is 11.7. The fourth-order valence-corrected chi connectivity index (χ4v) is 2.09. The Morgan fingerprint density at radius 3 is 2.55 bits per heavy atom. The molecule has 112 valence electrons. The van der Waals surface area contributed by atoms with Crippen LogP contribution in [0.2, 0.25) is 0 Å². The molecule has 2 aromatic carbocycles. The summed E-state index contributed by atoms with van der Waals surface area (Å²) >= 11 is 0. The van der Waals surface area contributed by atoms with Gasteiger partial charge in [-0.25, -0.2) is 9.59 Å². The van der Waals surface area contributed by atoms with Gasteiger partial charge in [0.1, 0.15) is 11.5 Å². The Hall–Kier alpha value is -2.82. The van der Waals surface area contributed by atoms with Gasteiger partial charge in [-0.05, 0) is 30.3 Å². The minimum atomic E-state index is -0.814. The zero-order chi connectivity index (χ0) is 15.4. The highest BCUT2D eigenvalue weighted by Crippen LogP contribution is 2.22. The average molecular weight is 298 g/mol. The normalized spacial score (nSPS) is 16.9. The summed E-state index contributed by atoms with van der Waals surface area (Å²) in [6, 6.07) is 15.9. The Balaban J connectivity index is 1.70. The van der Waals surface area contributed by atoms with Gasteiger partial charge in [0.05, 0.1) is 12.2 Å². The lowest BCUT2D eigenvalue weighted by atomic mass is 10.2. The van der Waals surface area contributed by atoms with Crippen LogP contribution in [-0.4, -0.2) is 24.6 Å². The van der Waals surface area contributed by atoms with Crippen molar-refractivity contribution in [3.05, 3.63) is 60.2 Å². The number of rotatable bonds is 4. The molecule has 0 unspecified atom stereocenters. The van der Waals surface area contributed by atoms with E-state index in [0.29, 0.717) is 23.5 Å². The Kier molecular flexibility index (Phi) is 4.05. The van der Waals surface area contributed by atoms with Crippen molar-refractivity contribution in [1.29, 1.82) is 0 Å². The molecule has 1 heterocycles. The first kappa shape index (κ1) is 14.1. The molecule has 0 N–H and O–H groups in total. The van der Waals surface area contributed by atoms with Gasteiger partial charge in [0.2, 0.25) is 6.10 Å². The summed E-state index contributed by atoms with van der Waals surface area (Å²) in [6.45, 7) is 0.286. The maximum Gasteiger partial charge on any atom is 0.347 e. The highest BCUT2D eigenvalue weighted by Gasteiger charge is 2.30. The maximum atomic E-state index is 12.1. The molecule has 3 rings (SSSR count). The number of benzene rings is 2. The SMILES string of the molecule is O=C(O[C@H]1CCOC1=O)c1cccc(Oc2ccccc2)c1. The molecule has 0 aromatic heterocycles. The molecule has 1 atom stereocenters. The van der Waals surface area contributed by atoms with Gasteiger partial charge in [-0.2, -0.15) is 0 Å². The van der Waals surface area contributed by atoms with Crippen molar-refractivity contribution in [2.45, 2.75) is 12.5 Å². The molecule has 0 amide bonds. The van der Waals surface area contributed by atoms with E-state index in [4.69, 9.17) is 14.2 Å². The highest BCUT2D eigenvalue weighted by atomic mass is 16.6. The largest absolute Gasteiger partial charge is 0.463 e. The zero-order valence-corrected chi connectivity index (χ0v) is 11.7. The Bertz CT molecular complexity index is 680. The van der Waals surface area contributed by atoms with Crippen molar-refractivity contribution in [1.82, 2.24) is 0 Å². The predicted molar refractivity (Wildman–Crippen MR) is 77.7 cm³/mol. The summed E-state index contributed by atoms with van der Waals surface area (Å²) in [6.07, 6.45) is -0.420. The van der Waals surface area contributed by atoms with Crippen LogP contribution in [0.4, 0.5) is 0 Å². The molecule has 2 aromatic rings. The molecule has 22 heavy (non-hydrogen) atoms. The minimum Gasteiger partial charge on any atom is -0.463 e. The van der Waals surface area contributed by atoms with Gasteiger partial charge in [-0.15, -0.1) is 0 Å². The molecular weight excluding hydrogens is 284 g/mol. The van der Waals surface area contributed by atoms with Gasteiger partial charge < -0.3 is 14.2 Å². The number of esters is 2. The van der Waals surface area contributed by atoms with Crippen LogP contribution in [0.1, 0.15) is 16.8 Å². The van der Waals surface area contributed by atoms with Crippen molar-refractivity contribution >= 4 is 11.9 Å². The number of hydrogen-bond acceptors (Lipinski definition) is 5. The van der Waals surface area contributed by atoms with Crippen LogP contribution in [0.3, 0.4) is 0 Å². The van der Waals surface area contributed by atoms with Crippen LogP contribution >= 0.6 is 0 Å². The molecule has 1 aliphatic heterocycles. The molecule has 1 aliphatic rings. The third kappa shape index (κ3) is 3.25. The summed E-state index contributed by atoms with van der Waals surface area (Å²) in [4.78, 5) is 23.4. The number of carbonyl (C=O) groups is 2. The number of ether oxygens (including phenoxy) is 3. The predicted octanol–water partition coefficient (Wildman–Crippen LogP) is 2.95. The van der Waals surface area contributed by atoms with E-state index in [1.807, 2.05) is 30.3 Å². The molecule has 0 aliphatic carbocycles. The lowest BCUT2D eigenvalue weighted by molar-refractivity contribution is -0.145. The molecule has 0 radical (unpaired) electrons. The molecule has 0 saturated carbocycles. The van der Waals surface area contributed by atoms with E-state index in [2.05, 4.69) is 0 Å². The average Bonchev–Trinajstić information content (AvgIpc) is 2.94. The Morgan fingerprint density at radius 1 is 1.05 bits per heavy atom. The van der Waals surface area contributed by atoms with Crippen molar-refractivity contribution < 1.29 is 23.8 Å². The van der Waals surface area contributed by atoms with Crippen molar-refractivity contribution in [2.24, 2.45) is 0 Å². The van der Waals surface area contributed by atoms with E-state index >= 15 is 0 Å². The number of carbonyl (C=O) groups excluding carboxylic acids is 2. The van der Waals surface area contributed by atoms with Crippen LogP contribution in [-0.2, 0) is 14.3 Å². The van der Waals surface area contributed by atoms with Gasteiger partial charge in [0.25, 0.3) is 0 Å². The van der Waals surface area contributed by atoms with Crippen LogP contribution in [0.5, 0.6) is 11.5 Å². The monoisotopic (exact) mass is 298 g/mol. The first-order valence-corrected chi connectivity index (χ1v) is 6.93. The van der Waals surface area contributed by atoms with Gasteiger partial charge >= 0.3 is 11.9 Å². The van der Waals surface area contributed by atoms with E-state index < -0.39 is 18.0 Å². The maximum absolute atomic E-state index is 12.1. The third-order valence-electron chi connectivity index (χ3n) is 3.19. The van der Waals surface area contributed by atoms with Gasteiger partial charge in [0.15, 0.2) is 0 Å². The second-order valence-electron chi connectivity index (χ2n) is 4.79. The summed E-state index contributed by atoms with van der Waals surface area (Å²) in [7, 11) is 0. The first-order chi connectivity index (χ1) is 10.7. The van der Waals surface area contributed by atoms with Crippen molar-refractivity contribution in [3.63, 3.8) is 0 Å². The molecule has 5 nitrogen and oxygen atoms in total. The smallest absolute Gasteiger partial charge is 0.347 e. The topological polar surface area (TPSA) is 61.8 Å². The van der Waals surface area contributed by atoms with Crippen molar-refractivity contribution in [3.8, 4) is 11.5 Å². The minimum absolute atomic E-state index is 0.286. The molecular formula is C17H14O5. The molecule has 0 bridgehead atoms. The van der Waals surface area contributed by atoms with Crippen LogP contribution in [0, 0.1) is 0 Å². The fraction of sp³-hybridized carbons (Fsp3) is 0.176. The lowest BCUT2D eigenvalue weighted by Gasteiger charge is -2.10. The summed E-state index contributed by atoms with van der Waals surface area (Å²) in [5.41, 5.74) is 0.327. The number of hydrogen-bond donors (Lipinski definition) is 0. The standard InChI is InChI=1S/C17H14O5/c18-16(22-15-9-10-20-17(15)19)12-5-4-8-14(11-12)21-13-6-2-1-3-7-13/h1-8,11,15H,9-10H2/t15-/m0/s1. The van der Waals surface area contributed by atoms with E-state index in [1.54, 1.807) is 24.3 Å². The number of cyclic esters (lactones) is 1. The number of para-hydroxylation sites is 1. The van der Waals surface area contributed by atoms with Crippen molar-refractivity contribution in [2.75, 3.05) is 6.61 Å². The molecule has 0 spiro atoms. The van der Waals surface area contributed by atoms with Gasteiger partial charge in [0, 0.05) is 6.42 Å². The Labute approximate surface area is 127 Å². The molecule has 5 heteroatoms. The van der Waals surface area contributed by atoms with Gasteiger partial charge in [-0.1, -0.05) is 24.3 Å². The van der Waals surface area contributed by atoms with E-state index in [-0.39, 0.29) is 6.61 Å². The summed E-state index contributed by atoms with van der Waals surface area (Å²) in [5.74, 6) is 0.134. The third-order valence-corrected chi connectivity index (χ3v) is 3.19. The van der Waals surface area contributed by atoms with Gasteiger partial charge in [-0.3, -0.25) is 0 Å². The summed E-state index contributed by atoms with van der Waals surface area (Å²) in [5, 5.41) is 0. The van der Waals surface area contributed by atoms with E-state index in [1.165, 1.54) is 0 Å². The highest BCUT2D eigenvalue weighted by molar-refractivity contribution is 5.92. The lowest BCUT2D eigenvalue weighted by Crippen LogP contribution is -2.22. The van der Waals surface area contributed by atoms with Crippen LogP contribution in [0.15, 0.2) is 54.6 Å². The quantitative estimate of drug-likeness (QED) is 0.812.